The van der Waals surface area contributed by atoms with Crippen LogP contribution in [0.2, 0.25) is 0 Å². The van der Waals surface area contributed by atoms with Gasteiger partial charge in [-0.05, 0) is 27.9 Å². The third-order valence-electron chi connectivity index (χ3n) is 2.52. The highest BCUT2D eigenvalue weighted by atomic mass is 79.9. The van der Waals surface area contributed by atoms with Crippen molar-refractivity contribution in [1.82, 2.24) is 9.97 Å². The van der Waals surface area contributed by atoms with E-state index in [1.807, 2.05) is 30.3 Å². The number of benzene rings is 1. The van der Waals surface area contributed by atoms with Gasteiger partial charge >= 0.3 is 0 Å². The Labute approximate surface area is 121 Å². The maximum absolute atomic E-state index is 5.71. The van der Waals surface area contributed by atoms with E-state index in [0.717, 1.165) is 28.8 Å². The Hall–Kier alpha value is -1.62. The predicted molar refractivity (Wildman–Crippen MR) is 79.3 cm³/mol. The molecule has 0 aliphatic carbocycles. The van der Waals surface area contributed by atoms with Crippen LogP contribution in [-0.2, 0) is 6.61 Å². The molecule has 0 saturated carbocycles. The van der Waals surface area contributed by atoms with Crippen LogP contribution < -0.4 is 10.1 Å². The Balaban J connectivity index is 2.04. The average Bonchev–Trinajstić information content (AvgIpc) is 2.46. The van der Waals surface area contributed by atoms with Crippen LogP contribution in [0.4, 0.5) is 5.82 Å². The first kappa shape index (κ1) is 13.8. The minimum atomic E-state index is 0.490. The van der Waals surface area contributed by atoms with Gasteiger partial charge in [-0.25, -0.2) is 9.97 Å². The van der Waals surface area contributed by atoms with Crippen LogP contribution in [0.15, 0.2) is 41.1 Å². The zero-order valence-corrected chi connectivity index (χ0v) is 12.4. The molecule has 0 unspecified atom stereocenters. The van der Waals surface area contributed by atoms with Gasteiger partial charge in [-0.15, -0.1) is 0 Å². The Kier molecular flexibility index (Phi) is 5.15. The molecule has 5 heteroatoms. The summed E-state index contributed by atoms with van der Waals surface area (Å²) in [6.45, 7) is 3.46. The summed E-state index contributed by atoms with van der Waals surface area (Å²) < 4.78 is 6.47. The molecule has 19 heavy (non-hydrogen) atoms. The molecule has 0 radical (unpaired) electrons. The van der Waals surface area contributed by atoms with E-state index in [9.17, 15) is 0 Å². The second kappa shape index (κ2) is 7.09. The van der Waals surface area contributed by atoms with Gasteiger partial charge in [-0.2, -0.15) is 0 Å². The van der Waals surface area contributed by atoms with Crippen molar-refractivity contribution in [2.75, 3.05) is 11.9 Å². The molecular formula is C14H16BrN3O. The molecule has 0 fully saturated rings. The highest BCUT2D eigenvalue weighted by Gasteiger charge is 2.09. The van der Waals surface area contributed by atoms with E-state index >= 15 is 0 Å². The van der Waals surface area contributed by atoms with Crippen LogP contribution in [0.5, 0.6) is 5.88 Å². The molecule has 100 valence electrons. The van der Waals surface area contributed by atoms with Gasteiger partial charge < -0.3 is 10.1 Å². The minimum Gasteiger partial charge on any atom is -0.472 e. The maximum atomic E-state index is 5.71. The topological polar surface area (TPSA) is 47.0 Å². The van der Waals surface area contributed by atoms with E-state index in [-0.39, 0.29) is 0 Å². The summed E-state index contributed by atoms with van der Waals surface area (Å²) in [5, 5.41) is 3.22. The van der Waals surface area contributed by atoms with Gasteiger partial charge in [0.15, 0.2) is 0 Å². The fraction of sp³-hybridized carbons (Fsp3) is 0.286. The standard InChI is InChI=1S/C14H16BrN3O/c1-2-8-16-13-12(15)14(18-10-17-13)19-9-11-6-4-3-5-7-11/h3-7,10H,2,8-9H2,1H3,(H,16,17,18). The molecule has 0 atom stereocenters. The first-order chi connectivity index (χ1) is 9.31. The van der Waals surface area contributed by atoms with Crippen molar-refractivity contribution in [3.05, 3.63) is 46.7 Å². The number of ether oxygens (including phenoxy) is 1. The fourth-order valence-electron chi connectivity index (χ4n) is 1.55. The van der Waals surface area contributed by atoms with Crippen molar-refractivity contribution in [2.45, 2.75) is 20.0 Å². The molecule has 0 amide bonds. The Morgan fingerprint density at radius 3 is 2.74 bits per heavy atom. The molecule has 4 nitrogen and oxygen atoms in total. The lowest BCUT2D eigenvalue weighted by molar-refractivity contribution is 0.291. The molecular weight excluding hydrogens is 306 g/mol. The summed E-state index contributed by atoms with van der Waals surface area (Å²) in [5.41, 5.74) is 1.11. The maximum Gasteiger partial charge on any atom is 0.233 e. The monoisotopic (exact) mass is 321 g/mol. The summed E-state index contributed by atoms with van der Waals surface area (Å²) in [7, 11) is 0. The van der Waals surface area contributed by atoms with Gasteiger partial charge in [0.1, 0.15) is 23.2 Å². The molecule has 0 bridgehead atoms. The van der Waals surface area contributed by atoms with Crippen molar-refractivity contribution in [3.8, 4) is 5.88 Å². The van der Waals surface area contributed by atoms with Crippen LogP contribution >= 0.6 is 15.9 Å². The molecule has 1 N–H and O–H groups in total. The van der Waals surface area contributed by atoms with Gasteiger partial charge in [-0.1, -0.05) is 37.3 Å². The van der Waals surface area contributed by atoms with Gasteiger partial charge in [-0.3, -0.25) is 0 Å². The van der Waals surface area contributed by atoms with Crippen molar-refractivity contribution in [1.29, 1.82) is 0 Å². The molecule has 0 saturated heterocycles. The molecule has 1 aromatic heterocycles. The van der Waals surface area contributed by atoms with Gasteiger partial charge in [0.25, 0.3) is 0 Å². The summed E-state index contributed by atoms with van der Waals surface area (Å²) in [5.74, 6) is 1.32. The molecule has 1 aromatic carbocycles. The number of nitrogens with zero attached hydrogens (tertiary/aromatic N) is 2. The van der Waals surface area contributed by atoms with E-state index in [1.165, 1.54) is 6.33 Å². The third-order valence-corrected chi connectivity index (χ3v) is 3.23. The molecule has 0 aliphatic heterocycles. The third kappa shape index (κ3) is 3.92. The molecule has 2 aromatic rings. The number of rotatable bonds is 6. The summed E-state index contributed by atoms with van der Waals surface area (Å²) in [6.07, 6.45) is 2.54. The summed E-state index contributed by atoms with van der Waals surface area (Å²) >= 11 is 3.47. The number of aromatic nitrogens is 2. The normalized spacial score (nSPS) is 10.2. The fourth-order valence-corrected chi connectivity index (χ4v) is 2.01. The van der Waals surface area contributed by atoms with Crippen molar-refractivity contribution >= 4 is 21.7 Å². The molecule has 2 rings (SSSR count). The van der Waals surface area contributed by atoms with E-state index < -0.39 is 0 Å². The molecule has 0 spiro atoms. The van der Waals surface area contributed by atoms with E-state index in [4.69, 9.17) is 4.74 Å². The Morgan fingerprint density at radius 2 is 2.00 bits per heavy atom. The number of hydrogen-bond acceptors (Lipinski definition) is 4. The van der Waals surface area contributed by atoms with Crippen LogP contribution in [-0.4, -0.2) is 16.5 Å². The smallest absolute Gasteiger partial charge is 0.233 e. The first-order valence-electron chi connectivity index (χ1n) is 6.22. The van der Waals surface area contributed by atoms with Gasteiger partial charge in [0.05, 0.1) is 0 Å². The molecule has 1 heterocycles. The van der Waals surface area contributed by atoms with Crippen molar-refractivity contribution < 1.29 is 4.74 Å². The number of nitrogens with one attached hydrogen (secondary N) is 1. The second-order valence-corrected chi connectivity index (χ2v) is 4.84. The lowest BCUT2D eigenvalue weighted by Crippen LogP contribution is -2.05. The Morgan fingerprint density at radius 1 is 1.21 bits per heavy atom. The zero-order chi connectivity index (χ0) is 13.5. The van der Waals surface area contributed by atoms with E-state index in [0.29, 0.717) is 12.5 Å². The number of hydrogen-bond donors (Lipinski definition) is 1. The largest absolute Gasteiger partial charge is 0.472 e. The van der Waals surface area contributed by atoms with Crippen LogP contribution in [0.3, 0.4) is 0 Å². The van der Waals surface area contributed by atoms with Crippen molar-refractivity contribution in [2.24, 2.45) is 0 Å². The minimum absolute atomic E-state index is 0.490. The predicted octanol–water partition coefficient (Wildman–Crippen LogP) is 3.64. The lowest BCUT2D eigenvalue weighted by atomic mass is 10.2. The van der Waals surface area contributed by atoms with Crippen LogP contribution in [0.25, 0.3) is 0 Å². The van der Waals surface area contributed by atoms with Gasteiger partial charge in [0.2, 0.25) is 5.88 Å². The van der Waals surface area contributed by atoms with Crippen LogP contribution in [0.1, 0.15) is 18.9 Å². The zero-order valence-electron chi connectivity index (χ0n) is 10.8. The van der Waals surface area contributed by atoms with Gasteiger partial charge in [0, 0.05) is 6.54 Å². The summed E-state index contributed by atoms with van der Waals surface area (Å²) in [6, 6.07) is 10.00. The SMILES string of the molecule is CCCNc1ncnc(OCc2ccccc2)c1Br. The highest BCUT2D eigenvalue weighted by Crippen LogP contribution is 2.28. The second-order valence-electron chi connectivity index (χ2n) is 4.04. The van der Waals surface area contributed by atoms with Crippen LogP contribution in [0, 0.1) is 0 Å². The average molecular weight is 322 g/mol. The first-order valence-corrected chi connectivity index (χ1v) is 7.01. The lowest BCUT2D eigenvalue weighted by Gasteiger charge is -2.10. The highest BCUT2D eigenvalue weighted by molar-refractivity contribution is 9.10. The Bertz CT molecular complexity index is 519. The molecule has 0 aliphatic rings. The van der Waals surface area contributed by atoms with E-state index in [2.05, 4.69) is 38.1 Å². The summed E-state index contributed by atoms with van der Waals surface area (Å²) in [4.78, 5) is 8.32. The number of halogens is 1. The number of anilines is 1. The quantitative estimate of drug-likeness (QED) is 0.882. The van der Waals surface area contributed by atoms with Crippen molar-refractivity contribution in [3.63, 3.8) is 0 Å². The van der Waals surface area contributed by atoms with E-state index in [1.54, 1.807) is 0 Å².